The molecule has 1 aromatic heterocycles. The average Bonchev–Trinajstić information content (AvgIpc) is 2.84. The van der Waals surface area contributed by atoms with E-state index < -0.39 is 0 Å². The second-order valence-corrected chi connectivity index (χ2v) is 6.33. The van der Waals surface area contributed by atoms with Gasteiger partial charge in [-0.25, -0.2) is 4.98 Å². The predicted molar refractivity (Wildman–Crippen MR) is 86.5 cm³/mol. The molecule has 0 bridgehead atoms. The zero-order valence-electron chi connectivity index (χ0n) is 12.9. The molecule has 0 spiro atoms. The molecule has 0 radical (unpaired) electrons. The van der Waals surface area contributed by atoms with E-state index in [1.807, 2.05) is 20.0 Å². The van der Waals surface area contributed by atoms with Gasteiger partial charge in [0.1, 0.15) is 9.88 Å². The minimum Gasteiger partial charge on any atom is -0.337 e. The zero-order chi connectivity index (χ0) is 15.6. The summed E-state index contributed by atoms with van der Waals surface area (Å²) < 4.78 is 0. The molecule has 0 aliphatic rings. The number of rotatable bonds is 4. The molecule has 21 heavy (non-hydrogen) atoms. The first kappa shape index (κ1) is 15.7. The van der Waals surface area contributed by atoms with Gasteiger partial charge in [-0.2, -0.15) is 0 Å². The lowest BCUT2D eigenvalue weighted by Crippen LogP contribution is -2.26. The summed E-state index contributed by atoms with van der Waals surface area (Å²) in [5.74, 6) is 0.00519. The summed E-state index contributed by atoms with van der Waals surface area (Å²) in [4.78, 5) is 19.3. The monoisotopic (exact) mass is 303 g/mol. The Labute approximate surface area is 129 Å². The number of nitrogens with two attached hydrogens (primary N) is 1. The number of hydrogen-bond acceptors (Lipinski definition) is 4. The third-order valence-corrected chi connectivity index (χ3v) is 4.85. The second kappa shape index (κ2) is 6.37. The van der Waals surface area contributed by atoms with Gasteiger partial charge in [-0.3, -0.25) is 4.79 Å². The van der Waals surface area contributed by atoms with Gasteiger partial charge in [0.05, 0.1) is 5.69 Å². The highest BCUT2D eigenvalue weighted by atomic mass is 32.1. The molecule has 2 N–H and O–H groups in total. The molecule has 2 aromatic rings. The standard InChI is InChI=1S/C16H21N3OS/c1-10-6-5-7-13(11(10)2)9-19(4)16(20)15-12(3)18-14(8-17)21-15/h5-7H,8-9,17H2,1-4H3. The second-order valence-electron chi connectivity index (χ2n) is 5.25. The van der Waals surface area contributed by atoms with Crippen LogP contribution in [0.3, 0.4) is 0 Å². The molecule has 0 aliphatic carbocycles. The van der Waals surface area contributed by atoms with Gasteiger partial charge in [-0.05, 0) is 37.5 Å². The van der Waals surface area contributed by atoms with Crippen molar-refractivity contribution < 1.29 is 4.79 Å². The van der Waals surface area contributed by atoms with E-state index in [0.717, 1.165) is 10.7 Å². The third kappa shape index (κ3) is 3.31. The van der Waals surface area contributed by atoms with Gasteiger partial charge >= 0.3 is 0 Å². The molecule has 4 nitrogen and oxygen atoms in total. The summed E-state index contributed by atoms with van der Waals surface area (Å²) in [6.07, 6.45) is 0. The lowest BCUT2D eigenvalue weighted by Gasteiger charge is -2.18. The van der Waals surface area contributed by atoms with Crippen LogP contribution in [0, 0.1) is 20.8 Å². The van der Waals surface area contributed by atoms with E-state index >= 15 is 0 Å². The quantitative estimate of drug-likeness (QED) is 0.945. The molecule has 0 fully saturated rings. The van der Waals surface area contributed by atoms with Gasteiger partial charge in [0.15, 0.2) is 0 Å². The van der Waals surface area contributed by atoms with Crippen LogP contribution >= 0.6 is 11.3 Å². The number of amides is 1. The van der Waals surface area contributed by atoms with Crippen LogP contribution in [0.15, 0.2) is 18.2 Å². The lowest BCUT2D eigenvalue weighted by atomic mass is 10.0. The normalized spacial score (nSPS) is 10.7. The van der Waals surface area contributed by atoms with Crippen molar-refractivity contribution in [1.29, 1.82) is 0 Å². The van der Waals surface area contributed by atoms with E-state index in [4.69, 9.17) is 5.73 Å². The minimum atomic E-state index is 0.00519. The maximum atomic E-state index is 12.6. The van der Waals surface area contributed by atoms with Crippen molar-refractivity contribution in [3.05, 3.63) is 50.5 Å². The Balaban J connectivity index is 2.19. The van der Waals surface area contributed by atoms with Crippen LogP contribution < -0.4 is 5.73 Å². The zero-order valence-corrected chi connectivity index (χ0v) is 13.8. The van der Waals surface area contributed by atoms with Crippen molar-refractivity contribution >= 4 is 17.2 Å². The Morgan fingerprint density at radius 1 is 1.33 bits per heavy atom. The Morgan fingerprint density at radius 2 is 2.05 bits per heavy atom. The number of thiazole rings is 1. The number of aromatic nitrogens is 1. The fourth-order valence-electron chi connectivity index (χ4n) is 2.22. The smallest absolute Gasteiger partial charge is 0.265 e. The summed E-state index contributed by atoms with van der Waals surface area (Å²) in [5.41, 5.74) is 10.0. The first-order valence-electron chi connectivity index (χ1n) is 6.91. The van der Waals surface area contributed by atoms with E-state index in [1.54, 1.807) is 4.90 Å². The van der Waals surface area contributed by atoms with Crippen molar-refractivity contribution in [2.45, 2.75) is 33.9 Å². The van der Waals surface area contributed by atoms with Crippen LogP contribution in [0.4, 0.5) is 0 Å². The molecule has 0 aliphatic heterocycles. The van der Waals surface area contributed by atoms with E-state index in [0.29, 0.717) is 18.0 Å². The first-order valence-corrected chi connectivity index (χ1v) is 7.72. The van der Waals surface area contributed by atoms with E-state index in [2.05, 4.69) is 31.0 Å². The van der Waals surface area contributed by atoms with Crippen LogP contribution in [0.2, 0.25) is 0 Å². The molecule has 2 rings (SSSR count). The van der Waals surface area contributed by atoms with Gasteiger partial charge < -0.3 is 10.6 Å². The van der Waals surface area contributed by atoms with Gasteiger partial charge in [0.2, 0.25) is 0 Å². The Hall–Kier alpha value is -1.72. The number of benzene rings is 1. The molecule has 0 atom stereocenters. The maximum Gasteiger partial charge on any atom is 0.265 e. The topological polar surface area (TPSA) is 59.2 Å². The van der Waals surface area contributed by atoms with Crippen molar-refractivity contribution in [3.63, 3.8) is 0 Å². The summed E-state index contributed by atoms with van der Waals surface area (Å²) in [6, 6.07) is 6.18. The summed E-state index contributed by atoms with van der Waals surface area (Å²) >= 11 is 1.39. The highest BCUT2D eigenvalue weighted by Crippen LogP contribution is 2.21. The molecule has 0 saturated carbocycles. The highest BCUT2D eigenvalue weighted by molar-refractivity contribution is 7.13. The number of carbonyl (C=O) groups excluding carboxylic acids is 1. The number of carbonyl (C=O) groups is 1. The summed E-state index contributed by atoms with van der Waals surface area (Å²) in [7, 11) is 1.82. The van der Waals surface area contributed by atoms with E-state index in [-0.39, 0.29) is 5.91 Å². The van der Waals surface area contributed by atoms with E-state index in [1.165, 1.54) is 28.0 Å². The fraction of sp³-hybridized carbons (Fsp3) is 0.375. The molecule has 112 valence electrons. The molecule has 1 amide bonds. The molecular weight excluding hydrogens is 282 g/mol. The Bertz CT molecular complexity index is 664. The van der Waals surface area contributed by atoms with Crippen LogP contribution in [0.5, 0.6) is 0 Å². The van der Waals surface area contributed by atoms with Gasteiger partial charge in [0, 0.05) is 20.1 Å². The van der Waals surface area contributed by atoms with Crippen LogP contribution in [0.1, 0.15) is 37.1 Å². The van der Waals surface area contributed by atoms with Crippen LogP contribution in [-0.4, -0.2) is 22.8 Å². The lowest BCUT2D eigenvalue weighted by molar-refractivity contribution is 0.0788. The van der Waals surface area contributed by atoms with Gasteiger partial charge in [-0.1, -0.05) is 18.2 Å². The summed E-state index contributed by atoms with van der Waals surface area (Å²) in [6.45, 7) is 7.00. The number of hydrogen-bond donors (Lipinski definition) is 1. The molecule has 0 unspecified atom stereocenters. The van der Waals surface area contributed by atoms with Crippen molar-refractivity contribution in [3.8, 4) is 0 Å². The number of nitrogens with zero attached hydrogens (tertiary/aromatic N) is 2. The number of aryl methyl sites for hydroxylation is 2. The van der Waals surface area contributed by atoms with Gasteiger partial charge in [-0.15, -0.1) is 11.3 Å². The molecule has 1 aromatic carbocycles. The SMILES string of the molecule is Cc1cccc(CN(C)C(=O)c2sc(CN)nc2C)c1C. The Kier molecular flexibility index (Phi) is 4.75. The van der Waals surface area contributed by atoms with Crippen molar-refractivity contribution in [2.24, 2.45) is 5.73 Å². The molecule has 5 heteroatoms. The third-order valence-electron chi connectivity index (χ3n) is 3.68. The van der Waals surface area contributed by atoms with Crippen molar-refractivity contribution in [1.82, 2.24) is 9.88 Å². The molecule has 1 heterocycles. The van der Waals surface area contributed by atoms with E-state index in [9.17, 15) is 4.79 Å². The first-order chi connectivity index (χ1) is 9.93. The predicted octanol–water partition coefficient (Wildman–Crippen LogP) is 2.80. The minimum absolute atomic E-state index is 0.00519. The average molecular weight is 303 g/mol. The molecule has 0 saturated heterocycles. The molecular formula is C16H21N3OS. The van der Waals surface area contributed by atoms with Crippen molar-refractivity contribution in [2.75, 3.05) is 7.05 Å². The summed E-state index contributed by atoms with van der Waals surface area (Å²) in [5, 5.41) is 0.802. The van der Waals surface area contributed by atoms with Crippen LogP contribution in [-0.2, 0) is 13.1 Å². The van der Waals surface area contributed by atoms with Gasteiger partial charge in [0.25, 0.3) is 5.91 Å². The maximum absolute atomic E-state index is 12.6. The fourth-order valence-corrected chi connectivity index (χ4v) is 3.16. The largest absolute Gasteiger partial charge is 0.337 e. The highest BCUT2D eigenvalue weighted by Gasteiger charge is 2.19. The van der Waals surface area contributed by atoms with Crippen LogP contribution in [0.25, 0.3) is 0 Å². The Morgan fingerprint density at radius 3 is 2.67 bits per heavy atom.